The first kappa shape index (κ1) is 13.1. The monoisotopic (exact) mass is 249 g/mol. The lowest BCUT2D eigenvalue weighted by Crippen LogP contribution is -2.40. The summed E-state index contributed by atoms with van der Waals surface area (Å²) < 4.78 is 5.41. The molecule has 1 unspecified atom stereocenters. The normalized spacial score (nSPS) is 19.6. The lowest BCUT2D eigenvalue weighted by Gasteiger charge is -2.27. The summed E-state index contributed by atoms with van der Waals surface area (Å²) in [5.41, 5.74) is 0. The Bertz CT molecular complexity index is 381. The standard InChI is InChI=1S/C14H23N3O/c1-11(2)16-10-12-6-5-9-17(12)14-13(18-3)7-4-8-15-14/h4,7-8,11-12,16H,5-6,9-10H2,1-3H3. The molecule has 0 spiro atoms. The fourth-order valence-corrected chi connectivity index (χ4v) is 2.46. The second kappa shape index (κ2) is 6.05. The fourth-order valence-electron chi connectivity index (χ4n) is 2.46. The first-order chi connectivity index (χ1) is 8.72. The number of methoxy groups -OCH3 is 1. The first-order valence-corrected chi connectivity index (χ1v) is 6.71. The number of nitrogens with zero attached hydrogens (tertiary/aromatic N) is 2. The zero-order chi connectivity index (χ0) is 13.0. The molecule has 2 heterocycles. The van der Waals surface area contributed by atoms with E-state index in [2.05, 4.69) is 29.0 Å². The second-order valence-corrected chi connectivity index (χ2v) is 5.08. The summed E-state index contributed by atoms with van der Waals surface area (Å²) in [5, 5.41) is 3.51. The van der Waals surface area contributed by atoms with Gasteiger partial charge in [-0.25, -0.2) is 4.98 Å². The van der Waals surface area contributed by atoms with Crippen LogP contribution in [0.15, 0.2) is 18.3 Å². The van der Waals surface area contributed by atoms with Crippen LogP contribution >= 0.6 is 0 Å². The molecule has 1 saturated heterocycles. The highest BCUT2D eigenvalue weighted by molar-refractivity contribution is 5.53. The Hall–Kier alpha value is -1.29. The number of ether oxygens (including phenoxy) is 1. The highest BCUT2D eigenvalue weighted by Gasteiger charge is 2.27. The maximum atomic E-state index is 5.41. The molecule has 0 bridgehead atoms. The average Bonchev–Trinajstić information content (AvgIpc) is 2.84. The van der Waals surface area contributed by atoms with Crippen molar-refractivity contribution in [1.29, 1.82) is 0 Å². The molecule has 4 heteroatoms. The van der Waals surface area contributed by atoms with Crippen molar-refractivity contribution >= 4 is 5.82 Å². The van der Waals surface area contributed by atoms with Gasteiger partial charge >= 0.3 is 0 Å². The molecule has 1 aliphatic heterocycles. The third-order valence-corrected chi connectivity index (χ3v) is 3.38. The van der Waals surface area contributed by atoms with Crippen LogP contribution in [0.3, 0.4) is 0 Å². The lowest BCUT2D eigenvalue weighted by atomic mass is 10.2. The molecule has 0 radical (unpaired) electrons. The van der Waals surface area contributed by atoms with Gasteiger partial charge in [-0.3, -0.25) is 0 Å². The van der Waals surface area contributed by atoms with Crippen LogP contribution in [0.1, 0.15) is 26.7 Å². The van der Waals surface area contributed by atoms with Crippen molar-refractivity contribution in [2.75, 3.05) is 25.1 Å². The van der Waals surface area contributed by atoms with Gasteiger partial charge in [0.15, 0.2) is 11.6 Å². The number of aromatic nitrogens is 1. The van der Waals surface area contributed by atoms with Crippen molar-refractivity contribution in [3.63, 3.8) is 0 Å². The Balaban J connectivity index is 2.10. The minimum absolute atomic E-state index is 0.524. The van der Waals surface area contributed by atoms with Crippen molar-refractivity contribution in [2.24, 2.45) is 0 Å². The third-order valence-electron chi connectivity index (χ3n) is 3.38. The molecule has 1 N–H and O–H groups in total. The zero-order valence-corrected chi connectivity index (χ0v) is 11.5. The van der Waals surface area contributed by atoms with Crippen molar-refractivity contribution in [1.82, 2.24) is 10.3 Å². The maximum Gasteiger partial charge on any atom is 0.171 e. The van der Waals surface area contributed by atoms with E-state index in [9.17, 15) is 0 Å². The van der Waals surface area contributed by atoms with Gasteiger partial charge in [-0.05, 0) is 25.0 Å². The summed E-state index contributed by atoms with van der Waals surface area (Å²) in [6.45, 7) is 6.44. The Morgan fingerprint density at radius 3 is 3.11 bits per heavy atom. The molecule has 1 aromatic rings. The summed E-state index contributed by atoms with van der Waals surface area (Å²) in [7, 11) is 1.71. The SMILES string of the molecule is COc1cccnc1N1CCCC1CNC(C)C. The largest absolute Gasteiger partial charge is 0.493 e. The van der Waals surface area contributed by atoms with Crippen LogP contribution in [-0.2, 0) is 0 Å². The molecular weight excluding hydrogens is 226 g/mol. The molecule has 1 atom stereocenters. The first-order valence-electron chi connectivity index (χ1n) is 6.71. The molecule has 1 aromatic heterocycles. The van der Waals surface area contributed by atoms with Gasteiger partial charge in [-0.1, -0.05) is 13.8 Å². The number of hydrogen-bond acceptors (Lipinski definition) is 4. The summed E-state index contributed by atoms with van der Waals surface area (Å²) in [6.07, 6.45) is 4.28. The number of hydrogen-bond donors (Lipinski definition) is 1. The zero-order valence-electron chi connectivity index (χ0n) is 11.5. The quantitative estimate of drug-likeness (QED) is 0.866. The Morgan fingerprint density at radius 2 is 2.39 bits per heavy atom. The number of pyridine rings is 1. The van der Waals surface area contributed by atoms with Gasteiger partial charge in [0.1, 0.15) is 0 Å². The molecule has 0 aromatic carbocycles. The molecule has 0 amide bonds. The van der Waals surface area contributed by atoms with Crippen molar-refractivity contribution in [3.05, 3.63) is 18.3 Å². The van der Waals surface area contributed by atoms with Gasteiger partial charge < -0.3 is 15.0 Å². The van der Waals surface area contributed by atoms with Crippen LogP contribution in [0.2, 0.25) is 0 Å². The number of anilines is 1. The minimum Gasteiger partial charge on any atom is -0.493 e. The molecule has 18 heavy (non-hydrogen) atoms. The minimum atomic E-state index is 0.524. The van der Waals surface area contributed by atoms with E-state index in [0.29, 0.717) is 12.1 Å². The highest BCUT2D eigenvalue weighted by atomic mass is 16.5. The predicted molar refractivity (Wildman–Crippen MR) is 74.3 cm³/mol. The molecule has 1 aliphatic rings. The van der Waals surface area contributed by atoms with Crippen LogP contribution < -0.4 is 15.0 Å². The van der Waals surface area contributed by atoms with Crippen LogP contribution in [0.5, 0.6) is 5.75 Å². The Kier molecular flexibility index (Phi) is 4.42. The third kappa shape index (κ3) is 2.93. The van der Waals surface area contributed by atoms with Gasteiger partial charge in [0.25, 0.3) is 0 Å². The molecule has 4 nitrogen and oxygen atoms in total. The van der Waals surface area contributed by atoms with Gasteiger partial charge in [0, 0.05) is 31.4 Å². The van der Waals surface area contributed by atoms with E-state index in [1.54, 1.807) is 7.11 Å². The second-order valence-electron chi connectivity index (χ2n) is 5.08. The van der Waals surface area contributed by atoms with Crippen molar-refractivity contribution < 1.29 is 4.74 Å². The average molecular weight is 249 g/mol. The van der Waals surface area contributed by atoms with E-state index in [1.807, 2.05) is 18.3 Å². The maximum absolute atomic E-state index is 5.41. The van der Waals surface area contributed by atoms with E-state index in [4.69, 9.17) is 4.74 Å². The molecule has 100 valence electrons. The molecule has 0 aliphatic carbocycles. The van der Waals surface area contributed by atoms with E-state index in [-0.39, 0.29) is 0 Å². The van der Waals surface area contributed by atoms with Gasteiger partial charge in [-0.2, -0.15) is 0 Å². The van der Waals surface area contributed by atoms with Gasteiger partial charge in [0.05, 0.1) is 7.11 Å². The smallest absolute Gasteiger partial charge is 0.171 e. The van der Waals surface area contributed by atoms with Crippen LogP contribution in [0.4, 0.5) is 5.82 Å². The van der Waals surface area contributed by atoms with Crippen molar-refractivity contribution in [3.8, 4) is 5.75 Å². The predicted octanol–water partition coefficient (Wildman–Crippen LogP) is 2.06. The van der Waals surface area contributed by atoms with Crippen LogP contribution in [0, 0.1) is 0 Å². The summed E-state index contributed by atoms with van der Waals surface area (Å²) in [6, 6.07) is 4.95. The van der Waals surface area contributed by atoms with Crippen LogP contribution in [0.25, 0.3) is 0 Å². The topological polar surface area (TPSA) is 37.4 Å². The van der Waals surface area contributed by atoms with Gasteiger partial charge in [-0.15, -0.1) is 0 Å². The number of rotatable bonds is 5. The fraction of sp³-hybridized carbons (Fsp3) is 0.643. The van der Waals surface area contributed by atoms with E-state index < -0.39 is 0 Å². The lowest BCUT2D eigenvalue weighted by molar-refractivity contribution is 0.411. The van der Waals surface area contributed by atoms with E-state index in [1.165, 1.54) is 12.8 Å². The highest BCUT2D eigenvalue weighted by Crippen LogP contribution is 2.30. The summed E-state index contributed by atoms with van der Waals surface area (Å²) in [5.74, 6) is 1.85. The van der Waals surface area contributed by atoms with Gasteiger partial charge in [0.2, 0.25) is 0 Å². The summed E-state index contributed by atoms with van der Waals surface area (Å²) >= 11 is 0. The molecule has 2 rings (SSSR count). The van der Waals surface area contributed by atoms with E-state index in [0.717, 1.165) is 24.7 Å². The molecule has 1 fully saturated rings. The van der Waals surface area contributed by atoms with E-state index >= 15 is 0 Å². The Labute approximate surface area is 109 Å². The molecule has 0 saturated carbocycles. The number of nitrogens with one attached hydrogen (secondary N) is 1. The Morgan fingerprint density at radius 1 is 1.56 bits per heavy atom. The van der Waals surface area contributed by atoms with Crippen molar-refractivity contribution in [2.45, 2.75) is 38.8 Å². The molecular formula is C14H23N3O. The van der Waals surface area contributed by atoms with Crippen LogP contribution in [-0.4, -0.2) is 37.3 Å². The summed E-state index contributed by atoms with van der Waals surface area (Å²) in [4.78, 5) is 6.85.